The van der Waals surface area contributed by atoms with Crippen LogP contribution in [-0.2, 0) is 0 Å². The molecular formula is C16H13N3OS2. The van der Waals surface area contributed by atoms with E-state index in [1.54, 1.807) is 29.8 Å². The second-order valence-corrected chi connectivity index (χ2v) is 7.16. The molecule has 1 N–H and O–H groups in total. The third-order valence-electron chi connectivity index (χ3n) is 3.34. The van der Waals surface area contributed by atoms with E-state index in [1.807, 2.05) is 37.3 Å². The Bertz CT molecular complexity index is 974. The molecule has 0 unspecified atom stereocenters. The fourth-order valence-electron chi connectivity index (χ4n) is 2.33. The molecule has 6 heteroatoms. The Kier molecular flexibility index (Phi) is 3.20. The maximum Gasteiger partial charge on any atom is 0.188 e. The summed E-state index contributed by atoms with van der Waals surface area (Å²) in [5.74, 6) is 0.851. The van der Waals surface area contributed by atoms with Crippen LogP contribution in [0, 0.1) is 6.92 Å². The fraction of sp³-hybridized carbons (Fsp3) is 0.125. The first-order valence-electron chi connectivity index (χ1n) is 6.80. The van der Waals surface area contributed by atoms with Crippen molar-refractivity contribution in [2.75, 3.05) is 12.4 Å². The molecule has 4 rings (SSSR count). The molecule has 0 radical (unpaired) electrons. The largest absolute Gasteiger partial charge is 0.497 e. The van der Waals surface area contributed by atoms with Crippen molar-refractivity contribution in [3.8, 4) is 5.75 Å². The van der Waals surface area contributed by atoms with Crippen LogP contribution in [0.3, 0.4) is 0 Å². The minimum absolute atomic E-state index is 0.851. The van der Waals surface area contributed by atoms with Gasteiger partial charge in [-0.3, -0.25) is 0 Å². The molecule has 0 bridgehead atoms. The number of anilines is 2. The molecule has 0 saturated carbocycles. The van der Waals surface area contributed by atoms with E-state index in [-0.39, 0.29) is 0 Å². The van der Waals surface area contributed by atoms with Crippen LogP contribution in [0.5, 0.6) is 5.75 Å². The Morgan fingerprint density at radius 2 is 1.73 bits per heavy atom. The van der Waals surface area contributed by atoms with Gasteiger partial charge in [0.1, 0.15) is 5.75 Å². The van der Waals surface area contributed by atoms with Crippen molar-refractivity contribution in [2.45, 2.75) is 6.92 Å². The number of ether oxygens (including phenoxy) is 1. The van der Waals surface area contributed by atoms with Gasteiger partial charge in [0.05, 0.1) is 32.6 Å². The number of methoxy groups -OCH3 is 1. The van der Waals surface area contributed by atoms with Crippen molar-refractivity contribution in [1.29, 1.82) is 0 Å². The maximum absolute atomic E-state index is 5.25. The van der Waals surface area contributed by atoms with Crippen LogP contribution in [0.1, 0.15) is 5.01 Å². The summed E-state index contributed by atoms with van der Waals surface area (Å²) in [6.07, 6.45) is 0. The molecule has 0 aliphatic heterocycles. The SMILES string of the molecule is COc1ccc2nc(Nc3ccc4nc(C)sc4c3)sc2c1. The molecule has 0 saturated heterocycles. The van der Waals surface area contributed by atoms with Crippen molar-refractivity contribution < 1.29 is 4.74 Å². The Balaban J connectivity index is 1.68. The van der Waals surface area contributed by atoms with Crippen molar-refractivity contribution in [2.24, 2.45) is 0 Å². The molecule has 2 heterocycles. The zero-order valence-electron chi connectivity index (χ0n) is 12.1. The smallest absolute Gasteiger partial charge is 0.188 e. The normalized spacial score (nSPS) is 11.2. The minimum atomic E-state index is 0.851. The molecule has 22 heavy (non-hydrogen) atoms. The first-order valence-corrected chi connectivity index (χ1v) is 8.43. The van der Waals surface area contributed by atoms with Gasteiger partial charge in [-0.1, -0.05) is 11.3 Å². The van der Waals surface area contributed by atoms with Crippen LogP contribution >= 0.6 is 22.7 Å². The van der Waals surface area contributed by atoms with E-state index in [0.29, 0.717) is 0 Å². The number of fused-ring (bicyclic) bond motifs is 2. The molecule has 0 aliphatic carbocycles. The van der Waals surface area contributed by atoms with E-state index in [4.69, 9.17) is 4.74 Å². The lowest BCUT2D eigenvalue weighted by Crippen LogP contribution is -1.88. The number of aryl methyl sites for hydroxylation is 1. The number of hydrogen-bond acceptors (Lipinski definition) is 6. The quantitative estimate of drug-likeness (QED) is 0.577. The Hall–Kier alpha value is -2.18. The van der Waals surface area contributed by atoms with Crippen LogP contribution < -0.4 is 10.1 Å². The third kappa shape index (κ3) is 2.40. The summed E-state index contributed by atoms with van der Waals surface area (Å²) in [7, 11) is 1.67. The van der Waals surface area contributed by atoms with Crippen LogP contribution in [-0.4, -0.2) is 17.1 Å². The van der Waals surface area contributed by atoms with Crippen molar-refractivity contribution >= 4 is 53.9 Å². The predicted molar refractivity (Wildman–Crippen MR) is 93.8 cm³/mol. The van der Waals surface area contributed by atoms with Gasteiger partial charge in [-0.15, -0.1) is 11.3 Å². The average molecular weight is 327 g/mol. The molecule has 2 aromatic carbocycles. The highest BCUT2D eigenvalue weighted by molar-refractivity contribution is 7.22. The summed E-state index contributed by atoms with van der Waals surface area (Å²) in [6, 6.07) is 12.1. The van der Waals surface area contributed by atoms with Gasteiger partial charge in [0, 0.05) is 5.69 Å². The van der Waals surface area contributed by atoms with E-state index in [0.717, 1.165) is 37.3 Å². The molecule has 0 amide bonds. The van der Waals surface area contributed by atoms with Crippen molar-refractivity contribution in [1.82, 2.24) is 9.97 Å². The number of thiazole rings is 2. The number of hydrogen-bond donors (Lipinski definition) is 1. The monoisotopic (exact) mass is 327 g/mol. The molecular weight excluding hydrogens is 314 g/mol. The average Bonchev–Trinajstić information content (AvgIpc) is 3.07. The minimum Gasteiger partial charge on any atom is -0.497 e. The van der Waals surface area contributed by atoms with E-state index in [9.17, 15) is 0 Å². The van der Waals surface area contributed by atoms with Gasteiger partial charge in [-0.25, -0.2) is 9.97 Å². The Labute approximate surface area is 135 Å². The standard InChI is InChI=1S/C16H13N3OS2/c1-9-17-12-5-3-10(7-14(12)21-9)18-16-19-13-6-4-11(20-2)8-15(13)22-16/h3-8H,1-2H3,(H,18,19). The van der Waals surface area contributed by atoms with Gasteiger partial charge in [-0.2, -0.15) is 0 Å². The predicted octanol–water partition coefficient (Wildman–Crippen LogP) is 4.97. The van der Waals surface area contributed by atoms with Crippen LogP contribution in [0.4, 0.5) is 10.8 Å². The molecule has 4 nitrogen and oxygen atoms in total. The number of aromatic nitrogens is 2. The van der Waals surface area contributed by atoms with E-state index >= 15 is 0 Å². The third-order valence-corrected chi connectivity index (χ3v) is 5.21. The van der Waals surface area contributed by atoms with Gasteiger partial charge in [0.2, 0.25) is 0 Å². The van der Waals surface area contributed by atoms with Gasteiger partial charge in [0.25, 0.3) is 0 Å². The van der Waals surface area contributed by atoms with E-state index < -0.39 is 0 Å². The van der Waals surface area contributed by atoms with Crippen LogP contribution in [0.15, 0.2) is 36.4 Å². The van der Waals surface area contributed by atoms with Gasteiger partial charge in [0.15, 0.2) is 5.13 Å². The Morgan fingerprint density at radius 1 is 0.955 bits per heavy atom. The summed E-state index contributed by atoms with van der Waals surface area (Å²) in [4.78, 5) is 9.09. The van der Waals surface area contributed by atoms with E-state index in [1.165, 1.54) is 4.70 Å². The summed E-state index contributed by atoms with van der Waals surface area (Å²) >= 11 is 3.32. The van der Waals surface area contributed by atoms with Crippen LogP contribution in [0.2, 0.25) is 0 Å². The lowest BCUT2D eigenvalue weighted by molar-refractivity contribution is 0.415. The van der Waals surface area contributed by atoms with Gasteiger partial charge < -0.3 is 10.1 Å². The lowest BCUT2D eigenvalue weighted by atomic mass is 10.3. The van der Waals surface area contributed by atoms with Crippen molar-refractivity contribution in [3.63, 3.8) is 0 Å². The molecule has 0 atom stereocenters. The molecule has 4 aromatic rings. The van der Waals surface area contributed by atoms with Gasteiger partial charge >= 0.3 is 0 Å². The highest BCUT2D eigenvalue weighted by Gasteiger charge is 2.07. The highest BCUT2D eigenvalue weighted by atomic mass is 32.1. The summed E-state index contributed by atoms with van der Waals surface area (Å²) in [5, 5.41) is 5.34. The first kappa shape index (κ1) is 13.5. The topological polar surface area (TPSA) is 47.0 Å². The molecule has 110 valence electrons. The number of rotatable bonds is 3. The Morgan fingerprint density at radius 3 is 2.59 bits per heavy atom. The summed E-state index contributed by atoms with van der Waals surface area (Å²) in [5.41, 5.74) is 3.05. The van der Waals surface area contributed by atoms with Crippen molar-refractivity contribution in [3.05, 3.63) is 41.4 Å². The molecule has 0 fully saturated rings. The summed E-state index contributed by atoms with van der Waals surface area (Å²) in [6.45, 7) is 2.03. The molecule has 0 aliphatic rings. The molecule has 0 spiro atoms. The number of nitrogens with zero attached hydrogens (tertiary/aromatic N) is 2. The zero-order valence-corrected chi connectivity index (χ0v) is 13.7. The fourth-order valence-corrected chi connectivity index (χ4v) is 4.11. The zero-order chi connectivity index (χ0) is 15.1. The lowest BCUT2D eigenvalue weighted by Gasteiger charge is -2.01. The maximum atomic E-state index is 5.25. The van der Waals surface area contributed by atoms with E-state index in [2.05, 4.69) is 21.4 Å². The number of nitrogens with one attached hydrogen (secondary N) is 1. The first-order chi connectivity index (χ1) is 10.7. The second-order valence-electron chi connectivity index (χ2n) is 4.89. The van der Waals surface area contributed by atoms with Crippen LogP contribution in [0.25, 0.3) is 20.4 Å². The van der Waals surface area contributed by atoms with Gasteiger partial charge in [-0.05, 0) is 43.3 Å². The highest BCUT2D eigenvalue weighted by Crippen LogP contribution is 2.32. The number of benzene rings is 2. The summed E-state index contributed by atoms with van der Waals surface area (Å²) < 4.78 is 7.55. The molecule has 2 aromatic heterocycles. The second kappa shape index (κ2) is 5.23.